The summed E-state index contributed by atoms with van der Waals surface area (Å²) in [7, 11) is -33.7. The van der Waals surface area contributed by atoms with Gasteiger partial charge in [-0.2, -0.15) is 0 Å². The minimum absolute atomic E-state index is 1.24. The Morgan fingerprint density at radius 2 is 0.333 bits per heavy atom. The molecule has 0 aliphatic carbocycles. The summed E-state index contributed by atoms with van der Waals surface area (Å²) in [5.41, 5.74) is 0. The van der Waals surface area contributed by atoms with Crippen molar-refractivity contribution in [1.29, 1.82) is 0 Å². The van der Waals surface area contributed by atoms with Gasteiger partial charge >= 0.3 is 111 Å². The van der Waals surface area contributed by atoms with Crippen molar-refractivity contribution < 1.29 is 57.9 Å². The Kier molecular flexibility index (Phi) is 21.2. The Hall–Kier alpha value is 2.48. The summed E-state index contributed by atoms with van der Waals surface area (Å²) < 4.78 is 92.6. The molecule has 0 heterocycles. The molecule has 0 aliphatic heterocycles. The van der Waals surface area contributed by atoms with Crippen LogP contribution in [0.1, 0.15) is 0 Å². The molecule has 0 aliphatic rings. The summed E-state index contributed by atoms with van der Waals surface area (Å²) in [4.78, 5) is 0. The van der Waals surface area contributed by atoms with Gasteiger partial charge in [-0.3, -0.25) is 0 Å². The van der Waals surface area contributed by atoms with Crippen LogP contribution < -0.4 is 0 Å². The molecule has 0 amide bonds. The summed E-state index contributed by atoms with van der Waals surface area (Å²) in [6.07, 6.45) is 0. The van der Waals surface area contributed by atoms with Crippen LogP contribution in [0.2, 0.25) is 183 Å². The monoisotopic (exact) mass is 1050 g/mol. The molecule has 0 radical (unpaired) electrons. The minimum atomic E-state index is -2.76. The quantitative estimate of drug-likeness (QED) is 0.0724. The van der Waals surface area contributed by atoms with E-state index in [4.69, 9.17) is 57.9 Å². The first kappa shape index (κ1) is 59.5. The predicted octanol–water partition coefficient (Wildman–Crippen LogP) is 9.96. The second-order valence-electron chi connectivity index (χ2n) is 20.8. The van der Waals surface area contributed by atoms with E-state index in [-0.39, 0.29) is 0 Å². The molecule has 0 aromatic rings. The maximum absolute atomic E-state index is 6.84. The third-order valence-corrected chi connectivity index (χ3v) is 59.2. The van der Waals surface area contributed by atoms with E-state index in [2.05, 4.69) is 157 Å². The van der Waals surface area contributed by atoms with E-state index in [0.717, 1.165) is 0 Å². The average molecular weight is 1050 g/mol. The van der Waals surface area contributed by atoms with Crippen molar-refractivity contribution in [3.63, 3.8) is 0 Å². The van der Waals surface area contributed by atoms with Crippen molar-refractivity contribution in [2.24, 2.45) is 0 Å². The minimum Gasteiger partial charge on any atom is -0.440 e. The molecule has 0 saturated heterocycles. The van der Waals surface area contributed by atoms with Crippen LogP contribution in [0.5, 0.6) is 0 Å². The van der Waals surface area contributed by atoms with E-state index in [9.17, 15) is 0 Å². The predicted molar refractivity (Wildman–Crippen MR) is 267 cm³/mol. The molecule has 0 saturated carbocycles. The first-order valence-electron chi connectivity index (χ1n) is 20.1. The zero-order valence-corrected chi connectivity index (χ0v) is 55.9. The van der Waals surface area contributed by atoms with Gasteiger partial charge in [-0.05, 0) is 183 Å². The lowest BCUT2D eigenvalue weighted by Crippen LogP contribution is -2.63. The molecule has 0 fully saturated rings. The van der Waals surface area contributed by atoms with Crippen molar-refractivity contribution in [3.8, 4) is 0 Å². The third kappa shape index (κ3) is 27.4. The van der Waals surface area contributed by atoms with Gasteiger partial charge < -0.3 is 57.9 Å². The zero-order chi connectivity index (χ0) is 46.0. The lowest BCUT2D eigenvalue weighted by Gasteiger charge is -2.45. The second-order valence-corrected chi connectivity index (χ2v) is 70.4. The van der Waals surface area contributed by atoms with Gasteiger partial charge in [0.15, 0.2) is 9.04 Å². The van der Waals surface area contributed by atoms with E-state index in [1.165, 1.54) is 0 Å². The van der Waals surface area contributed by atoms with Crippen molar-refractivity contribution in [2.45, 2.75) is 183 Å². The van der Waals surface area contributed by atoms with Gasteiger partial charge in [-0.1, -0.05) is 0 Å². The number of rotatable bonds is 27. The Bertz CT molecular complexity index is 1280. The van der Waals surface area contributed by atoms with Crippen molar-refractivity contribution in [3.05, 3.63) is 0 Å². The van der Waals surface area contributed by atoms with Gasteiger partial charge in [0, 0.05) is 7.11 Å². The highest BCUT2D eigenvalue weighted by Crippen LogP contribution is 2.32. The summed E-state index contributed by atoms with van der Waals surface area (Å²) >= 11 is 0. The fraction of sp³-hybridized carbons (Fsp3) is 1.00. The molecule has 0 aromatic heterocycles. The van der Waals surface area contributed by atoms with Crippen LogP contribution in [0.3, 0.4) is 0 Å². The molecular weight excluding hydrogens is 966 g/mol. The van der Waals surface area contributed by atoms with E-state index >= 15 is 0 Å². The van der Waals surface area contributed by atoms with E-state index in [0.29, 0.717) is 0 Å². The molecule has 28 heteroatoms. The topological polar surface area (TPSA) is 129 Å². The Morgan fingerprint density at radius 1 is 0.211 bits per heavy atom. The summed E-state index contributed by atoms with van der Waals surface area (Å²) in [6.45, 7) is 57.9. The van der Waals surface area contributed by atoms with E-state index in [1.54, 1.807) is 7.11 Å². The summed E-state index contributed by atoms with van der Waals surface area (Å²) in [6, 6.07) is 0. The molecule has 0 N–H and O–H groups in total. The zero-order valence-electron chi connectivity index (χ0n) is 41.8. The molecule has 0 unspecified atom stereocenters. The third-order valence-electron chi connectivity index (χ3n) is 6.91. The highest BCUT2D eigenvalue weighted by atomic mass is 28.5. The molecule has 0 aromatic carbocycles. The smallest absolute Gasteiger partial charge is 0.322 e. The van der Waals surface area contributed by atoms with Crippen LogP contribution >= 0.6 is 0 Å². The molecule has 57 heavy (non-hydrogen) atoms. The molecule has 344 valence electrons. The SMILES string of the molecule is CO[Si](C)(C)O[Si](C)(C)O[Si](C)(C)O[Si](C)(C)O[Si](C)(C)O[Si](C)(C)O[Si](C)(C)O[Si](C)(C)O[Si](C)(C)O[Si](C)(C)O[Si](C)(C)O[Si](C)(C)O[Si](C)(C)O[SiH](C)C. The molecular formula is C29H88O14Si14. The van der Waals surface area contributed by atoms with Crippen molar-refractivity contribution in [2.75, 3.05) is 7.11 Å². The first-order chi connectivity index (χ1) is 24.5. The Balaban J connectivity index is 5.64. The number of hydrogen-bond acceptors (Lipinski definition) is 14. The summed E-state index contributed by atoms with van der Waals surface area (Å²) in [5.74, 6) is 0. The maximum atomic E-state index is 6.84. The van der Waals surface area contributed by atoms with Gasteiger partial charge in [0.2, 0.25) is 0 Å². The molecule has 0 bridgehead atoms. The standard InChI is InChI=1S/C29H88O14Si14/c1-30-45(4,5)32-47(8,9)34-49(12,13)36-51(16,17)38-53(20,21)40-55(24,25)42-57(28,29)43-56(26,27)41-54(22,23)39-52(18,19)37-50(14,15)35-48(10,11)33-46(6,7)31-44(2)3/h44H,1-29H3. The Morgan fingerprint density at radius 3 is 0.456 bits per heavy atom. The largest absolute Gasteiger partial charge is 0.440 e. The van der Waals surface area contributed by atoms with Crippen LogP contribution in [-0.2, 0) is 57.9 Å². The normalized spacial score (nSPS) is 15.9. The van der Waals surface area contributed by atoms with E-state index < -0.39 is 120 Å². The average Bonchev–Trinajstić information content (AvgIpc) is 2.72. The van der Waals surface area contributed by atoms with Gasteiger partial charge in [-0.15, -0.1) is 0 Å². The lowest BCUT2D eigenvalue weighted by atomic mass is 11.8. The van der Waals surface area contributed by atoms with Gasteiger partial charge in [0.05, 0.1) is 0 Å². The van der Waals surface area contributed by atoms with E-state index in [1.807, 2.05) is 26.2 Å². The van der Waals surface area contributed by atoms with Crippen LogP contribution in [-0.4, -0.2) is 127 Å². The van der Waals surface area contributed by atoms with Gasteiger partial charge in [0.1, 0.15) is 0 Å². The molecule has 0 spiro atoms. The van der Waals surface area contributed by atoms with Crippen LogP contribution in [0, 0.1) is 0 Å². The highest BCUT2D eigenvalue weighted by molar-refractivity contribution is 6.94. The first-order valence-corrected chi connectivity index (χ1v) is 59.5. The van der Waals surface area contributed by atoms with Gasteiger partial charge in [0.25, 0.3) is 0 Å². The van der Waals surface area contributed by atoms with Crippen LogP contribution in [0.15, 0.2) is 0 Å². The molecule has 0 atom stereocenters. The van der Waals surface area contributed by atoms with Crippen molar-refractivity contribution in [1.82, 2.24) is 0 Å². The summed E-state index contributed by atoms with van der Waals surface area (Å²) in [5, 5.41) is 0. The van der Waals surface area contributed by atoms with Crippen LogP contribution in [0.25, 0.3) is 0 Å². The number of hydrogen-bond donors (Lipinski definition) is 0. The Labute approximate surface area is 366 Å². The maximum Gasteiger partial charge on any atom is 0.322 e. The molecule has 0 rings (SSSR count). The van der Waals surface area contributed by atoms with Gasteiger partial charge in [-0.25, -0.2) is 0 Å². The lowest BCUT2D eigenvalue weighted by molar-refractivity contribution is 0.247. The van der Waals surface area contributed by atoms with Crippen LogP contribution in [0.4, 0.5) is 0 Å². The second kappa shape index (κ2) is 20.3. The highest BCUT2D eigenvalue weighted by Gasteiger charge is 2.52. The fourth-order valence-electron chi connectivity index (χ4n) is 7.97. The fourth-order valence-corrected chi connectivity index (χ4v) is 76.2. The van der Waals surface area contributed by atoms with Crippen molar-refractivity contribution >= 4 is 120 Å². The molecule has 14 nitrogen and oxygen atoms in total.